The van der Waals surface area contributed by atoms with Crippen molar-refractivity contribution in [3.8, 4) is 0 Å². The molecule has 0 fully saturated rings. The van der Waals surface area contributed by atoms with Crippen molar-refractivity contribution in [1.29, 1.82) is 10.8 Å². The second-order valence-electron chi connectivity index (χ2n) is 0.874. The lowest BCUT2D eigenvalue weighted by atomic mass is 10.5. The number of allylic oxidation sites excluding steroid dienone is 2. The number of hydrogen-bond acceptors (Lipinski definition) is 2. The molecule has 0 saturated heterocycles. The molecule has 3 heteroatoms. The summed E-state index contributed by atoms with van der Waals surface area (Å²) in [6.07, 6.45) is 2.95. The Kier molecular flexibility index (Phi) is 2.76. The summed E-state index contributed by atoms with van der Waals surface area (Å²) < 4.78 is 11.3. The fourth-order valence-electron chi connectivity index (χ4n) is 0.133. The summed E-state index contributed by atoms with van der Waals surface area (Å²) >= 11 is 0. The zero-order valence-corrected chi connectivity index (χ0v) is 3.61. The summed E-state index contributed by atoms with van der Waals surface area (Å²) in [5, 5.41) is 12.5. The van der Waals surface area contributed by atoms with Crippen LogP contribution in [0.5, 0.6) is 0 Å². The van der Waals surface area contributed by atoms with Gasteiger partial charge in [-0.15, -0.1) is 0 Å². The minimum absolute atomic E-state index is 0.896. The van der Waals surface area contributed by atoms with Gasteiger partial charge in [-0.25, -0.2) is 0 Å². The fraction of sp³-hybridized carbons (Fsp3) is 0. The monoisotopic (exact) mass is 100 g/mol. The molecule has 0 atom stereocenters. The van der Waals surface area contributed by atoms with Crippen LogP contribution >= 0.6 is 0 Å². The maximum absolute atomic E-state index is 11.3. The van der Waals surface area contributed by atoms with Gasteiger partial charge in [-0.3, -0.25) is 5.41 Å². The lowest BCUT2D eigenvalue weighted by Gasteiger charge is -1.69. The van der Waals surface area contributed by atoms with Crippen molar-refractivity contribution in [1.82, 2.24) is 0 Å². The molecule has 0 amide bonds. The van der Waals surface area contributed by atoms with Crippen LogP contribution in [-0.2, 0) is 0 Å². The van der Waals surface area contributed by atoms with Gasteiger partial charge in [0, 0.05) is 6.21 Å². The lowest BCUT2D eigenvalue weighted by Crippen LogP contribution is -1.73. The van der Waals surface area contributed by atoms with Gasteiger partial charge in [-0.05, 0) is 12.2 Å². The van der Waals surface area contributed by atoms with E-state index in [1.807, 2.05) is 0 Å². The third kappa shape index (κ3) is 5.01. The summed E-state index contributed by atoms with van der Waals surface area (Å²) in [5.41, 5.74) is 0. The second-order valence-corrected chi connectivity index (χ2v) is 0.874. The van der Waals surface area contributed by atoms with Crippen molar-refractivity contribution in [3.05, 3.63) is 12.2 Å². The van der Waals surface area contributed by atoms with Crippen molar-refractivity contribution >= 4 is 12.2 Å². The molecule has 38 valence electrons. The Labute approximate surface area is 40.7 Å². The smallest absolute Gasteiger partial charge is 0.205 e. The molecule has 0 bridgehead atoms. The molecule has 0 aromatic heterocycles. The minimum atomic E-state index is -1.02. The minimum Gasteiger partial charge on any atom is -0.309 e. The van der Waals surface area contributed by atoms with Gasteiger partial charge in [-0.2, -0.15) is 4.39 Å². The normalized spacial score (nSPS) is 9.29. The Bertz CT molecular complexity index is 106. The average Bonchev–Trinajstić information content (AvgIpc) is 1.61. The van der Waals surface area contributed by atoms with Crippen molar-refractivity contribution in [3.63, 3.8) is 0 Å². The van der Waals surface area contributed by atoms with Crippen LogP contribution in [0.25, 0.3) is 0 Å². The molecule has 0 aromatic carbocycles. The summed E-state index contributed by atoms with van der Waals surface area (Å²) in [6.45, 7) is 0. The molecule has 0 saturated carbocycles. The molecule has 0 aromatic rings. The van der Waals surface area contributed by atoms with Crippen LogP contribution in [0.4, 0.5) is 4.39 Å². The largest absolute Gasteiger partial charge is 0.309 e. The molecule has 0 heterocycles. The maximum atomic E-state index is 11.3. The Hall–Kier alpha value is -0.990. The topological polar surface area (TPSA) is 47.7 Å². The molecule has 0 aliphatic heterocycles. The highest BCUT2D eigenvalue weighted by molar-refractivity contribution is 5.88. The van der Waals surface area contributed by atoms with E-state index in [2.05, 4.69) is 0 Å². The first-order valence-corrected chi connectivity index (χ1v) is 1.68. The standard InChI is InChI=1S/C4H5FN2/c5-4(7)2-1-3-6/h1-3,6-7H/b2-1-,6-3?,7-4?. The number of hydrogen-bond donors (Lipinski definition) is 2. The first kappa shape index (κ1) is 6.01. The predicted molar refractivity (Wildman–Crippen MR) is 26.8 cm³/mol. The van der Waals surface area contributed by atoms with E-state index in [1.54, 1.807) is 0 Å². The van der Waals surface area contributed by atoms with Crippen LogP contribution in [0, 0.1) is 10.8 Å². The molecule has 7 heavy (non-hydrogen) atoms. The van der Waals surface area contributed by atoms with E-state index >= 15 is 0 Å². The van der Waals surface area contributed by atoms with Gasteiger partial charge in [0.25, 0.3) is 0 Å². The van der Waals surface area contributed by atoms with Gasteiger partial charge in [0.05, 0.1) is 0 Å². The van der Waals surface area contributed by atoms with Gasteiger partial charge >= 0.3 is 0 Å². The van der Waals surface area contributed by atoms with Crippen LogP contribution in [0.1, 0.15) is 0 Å². The van der Waals surface area contributed by atoms with E-state index in [0.717, 1.165) is 18.4 Å². The molecule has 0 radical (unpaired) electrons. The van der Waals surface area contributed by atoms with Gasteiger partial charge in [0.2, 0.25) is 5.97 Å². The van der Waals surface area contributed by atoms with E-state index in [1.165, 1.54) is 0 Å². The van der Waals surface area contributed by atoms with Crippen LogP contribution in [0.3, 0.4) is 0 Å². The highest BCUT2D eigenvalue weighted by Gasteiger charge is 1.75. The number of rotatable bonds is 2. The van der Waals surface area contributed by atoms with Crippen LogP contribution in [0.15, 0.2) is 12.2 Å². The molecular weight excluding hydrogens is 95.1 g/mol. The Morgan fingerprint density at radius 1 is 1.57 bits per heavy atom. The number of nitrogens with one attached hydrogen (secondary N) is 2. The molecule has 0 spiro atoms. The van der Waals surface area contributed by atoms with Crippen LogP contribution in [-0.4, -0.2) is 12.2 Å². The van der Waals surface area contributed by atoms with Gasteiger partial charge in [0.1, 0.15) is 0 Å². The van der Waals surface area contributed by atoms with E-state index in [4.69, 9.17) is 10.8 Å². The maximum Gasteiger partial charge on any atom is 0.205 e. The number of halogens is 1. The summed E-state index contributed by atoms with van der Waals surface area (Å²) in [6, 6.07) is 0. The SMILES string of the molecule is N=C/C=C\C(=N)F. The van der Waals surface area contributed by atoms with E-state index in [0.29, 0.717) is 0 Å². The first-order valence-electron chi connectivity index (χ1n) is 1.68. The molecule has 0 unspecified atom stereocenters. The molecule has 2 nitrogen and oxygen atoms in total. The summed E-state index contributed by atoms with van der Waals surface area (Å²) in [7, 11) is 0. The second kappa shape index (κ2) is 3.21. The van der Waals surface area contributed by atoms with Crippen LogP contribution < -0.4 is 0 Å². The fourth-order valence-corrected chi connectivity index (χ4v) is 0.133. The van der Waals surface area contributed by atoms with E-state index in [9.17, 15) is 4.39 Å². The highest BCUT2D eigenvalue weighted by Crippen LogP contribution is 1.73. The highest BCUT2D eigenvalue weighted by atomic mass is 19.1. The quantitative estimate of drug-likeness (QED) is 0.489. The van der Waals surface area contributed by atoms with Gasteiger partial charge in [0.15, 0.2) is 0 Å². The average molecular weight is 100 g/mol. The van der Waals surface area contributed by atoms with Crippen molar-refractivity contribution in [2.75, 3.05) is 0 Å². The third-order valence-electron chi connectivity index (χ3n) is 0.339. The van der Waals surface area contributed by atoms with E-state index < -0.39 is 5.97 Å². The van der Waals surface area contributed by atoms with Crippen molar-refractivity contribution < 1.29 is 4.39 Å². The zero-order valence-electron chi connectivity index (χ0n) is 3.61. The zero-order chi connectivity index (χ0) is 5.70. The Balaban J connectivity index is 3.46. The molecule has 0 aliphatic rings. The summed E-state index contributed by atoms with van der Waals surface area (Å²) in [4.78, 5) is 0. The molecule has 0 rings (SSSR count). The first-order chi connectivity index (χ1) is 3.27. The van der Waals surface area contributed by atoms with Gasteiger partial charge in [-0.1, -0.05) is 0 Å². The Morgan fingerprint density at radius 3 is 2.29 bits per heavy atom. The van der Waals surface area contributed by atoms with Crippen molar-refractivity contribution in [2.24, 2.45) is 0 Å². The Morgan fingerprint density at radius 2 is 2.14 bits per heavy atom. The molecule has 2 N–H and O–H groups in total. The van der Waals surface area contributed by atoms with Gasteiger partial charge < -0.3 is 5.41 Å². The lowest BCUT2D eigenvalue weighted by molar-refractivity contribution is 0.804. The molecule has 0 aliphatic carbocycles. The third-order valence-corrected chi connectivity index (χ3v) is 0.339. The molecular formula is C4H5FN2. The van der Waals surface area contributed by atoms with Crippen LogP contribution in [0.2, 0.25) is 0 Å². The van der Waals surface area contributed by atoms with Crippen molar-refractivity contribution in [2.45, 2.75) is 0 Å². The van der Waals surface area contributed by atoms with E-state index in [-0.39, 0.29) is 0 Å². The summed E-state index contributed by atoms with van der Waals surface area (Å²) in [5.74, 6) is -1.02. The predicted octanol–water partition coefficient (Wildman–Crippen LogP) is 1.14.